The van der Waals surface area contributed by atoms with Gasteiger partial charge in [0.05, 0.1) is 7.11 Å². The molecule has 0 heterocycles. The van der Waals surface area contributed by atoms with E-state index in [0.29, 0.717) is 0 Å². The number of hydrogen-bond acceptors (Lipinski definition) is 1. The molecule has 2 rings (SSSR count). The maximum atomic E-state index is 5.67. The molecule has 0 aliphatic rings. The second kappa shape index (κ2) is 6.03. The maximum absolute atomic E-state index is 5.67. The number of benzene rings is 2. The highest BCUT2D eigenvalue weighted by Crippen LogP contribution is 2.44. The summed E-state index contributed by atoms with van der Waals surface area (Å²) in [5, 5.41) is 0. The van der Waals surface area contributed by atoms with Gasteiger partial charge in [-0.25, -0.2) is 0 Å². The Labute approximate surface area is 141 Å². The van der Waals surface area contributed by atoms with Crippen LogP contribution in [-0.4, -0.2) is 7.11 Å². The van der Waals surface area contributed by atoms with Gasteiger partial charge in [0, 0.05) is 5.56 Å². The van der Waals surface area contributed by atoms with Crippen molar-refractivity contribution in [1.29, 1.82) is 0 Å². The summed E-state index contributed by atoms with van der Waals surface area (Å²) in [4.78, 5) is 0. The van der Waals surface area contributed by atoms with E-state index in [2.05, 4.69) is 72.7 Å². The fourth-order valence-corrected chi connectivity index (χ4v) is 3.11. The molecule has 0 unspecified atom stereocenters. The van der Waals surface area contributed by atoms with Crippen molar-refractivity contribution >= 4 is 0 Å². The summed E-state index contributed by atoms with van der Waals surface area (Å²) in [6.45, 7) is 15.9. The van der Waals surface area contributed by atoms with Crippen LogP contribution in [0.3, 0.4) is 0 Å². The number of ether oxygens (including phenoxy) is 1. The van der Waals surface area contributed by atoms with Crippen molar-refractivity contribution in [1.82, 2.24) is 0 Å². The van der Waals surface area contributed by atoms with Crippen LogP contribution in [0.2, 0.25) is 0 Å². The van der Waals surface area contributed by atoms with E-state index < -0.39 is 0 Å². The molecule has 0 saturated heterocycles. The first-order valence-corrected chi connectivity index (χ1v) is 8.34. The zero-order valence-corrected chi connectivity index (χ0v) is 15.9. The Morgan fingerprint density at radius 3 is 1.70 bits per heavy atom. The predicted molar refractivity (Wildman–Crippen MR) is 101 cm³/mol. The summed E-state index contributed by atoms with van der Waals surface area (Å²) in [5.74, 6) is 0.937. The van der Waals surface area contributed by atoms with Crippen LogP contribution in [0, 0.1) is 6.92 Å². The SMILES string of the molecule is COc1ccccc1-c1c(C(C)(C)C)cc(C)cc1C(C)(C)C. The van der Waals surface area contributed by atoms with Crippen LogP contribution in [0.1, 0.15) is 58.2 Å². The minimum absolute atomic E-state index is 0.0716. The lowest BCUT2D eigenvalue weighted by atomic mass is 9.73. The van der Waals surface area contributed by atoms with Crippen molar-refractivity contribution in [2.24, 2.45) is 0 Å². The van der Waals surface area contributed by atoms with Gasteiger partial charge in [-0.2, -0.15) is 0 Å². The van der Waals surface area contributed by atoms with Crippen LogP contribution < -0.4 is 4.74 Å². The minimum atomic E-state index is 0.0716. The van der Waals surface area contributed by atoms with Crippen LogP contribution in [0.5, 0.6) is 5.75 Å². The van der Waals surface area contributed by atoms with Gasteiger partial charge in [0.25, 0.3) is 0 Å². The molecule has 0 aliphatic heterocycles. The van der Waals surface area contributed by atoms with E-state index in [0.717, 1.165) is 5.75 Å². The third-order valence-electron chi connectivity index (χ3n) is 4.28. The van der Waals surface area contributed by atoms with Crippen LogP contribution in [0.25, 0.3) is 11.1 Å². The Hall–Kier alpha value is -1.76. The molecule has 0 atom stereocenters. The van der Waals surface area contributed by atoms with Crippen LogP contribution in [0.4, 0.5) is 0 Å². The number of hydrogen-bond donors (Lipinski definition) is 0. The molecular formula is C22H30O. The highest BCUT2D eigenvalue weighted by Gasteiger charge is 2.28. The average Bonchev–Trinajstić information content (AvgIpc) is 2.44. The predicted octanol–water partition coefficient (Wildman–Crippen LogP) is 6.27. The molecule has 2 aromatic carbocycles. The average molecular weight is 310 g/mol. The summed E-state index contributed by atoms with van der Waals surface area (Å²) in [6, 6.07) is 13.0. The summed E-state index contributed by atoms with van der Waals surface area (Å²) in [6.07, 6.45) is 0. The van der Waals surface area contributed by atoms with Crippen molar-refractivity contribution < 1.29 is 4.74 Å². The Kier molecular flexibility index (Phi) is 4.61. The molecule has 0 amide bonds. The number of para-hydroxylation sites is 1. The molecule has 0 spiro atoms. The van der Waals surface area contributed by atoms with Gasteiger partial charge in [0.2, 0.25) is 0 Å². The lowest BCUT2D eigenvalue weighted by Crippen LogP contribution is -2.20. The monoisotopic (exact) mass is 310 g/mol. The molecule has 0 bridgehead atoms. The lowest BCUT2D eigenvalue weighted by molar-refractivity contribution is 0.416. The molecular weight excluding hydrogens is 280 g/mol. The van der Waals surface area contributed by atoms with E-state index in [1.54, 1.807) is 7.11 Å². The molecule has 1 nitrogen and oxygen atoms in total. The number of rotatable bonds is 2. The minimum Gasteiger partial charge on any atom is -0.496 e. The van der Waals surface area contributed by atoms with Crippen molar-refractivity contribution in [3.05, 3.63) is 53.1 Å². The van der Waals surface area contributed by atoms with E-state index in [1.165, 1.54) is 27.8 Å². The molecule has 1 heteroatoms. The van der Waals surface area contributed by atoms with E-state index in [4.69, 9.17) is 4.74 Å². The molecule has 0 fully saturated rings. The molecule has 0 radical (unpaired) electrons. The summed E-state index contributed by atoms with van der Waals surface area (Å²) < 4.78 is 5.67. The molecule has 0 aromatic heterocycles. The normalized spacial score (nSPS) is 12.3. The summed E-state index contributed by atoms with van der Waals surface area (Å²) in [5.41, 5.74) is 6.74. The fourth-order valence-electron chi connectivity index (χ4n) is 3.11. The van der Waals surface area contributed by atoms with Crippen LogP contribution in [-0.2, 0) is 10.8 Å². The fraction of sp³-hybridized carbons (Fsp3) is 0.455. The van der Waals surface area contributed by atoms with E-state index in [9.17, 15) is 0 Å². The van der Waals surface area contributed by atoms with Crippen LogP contribution in [0.15, 0.2) is 36.4 Å². The Morgan fingerprint density at radius 2 is 1.26 bits per heavy atom. The Bertz CT molecular complexity index is 662. The van der Waals surface area contributed by atoms with Crippen molar-refractivity contribution in [2.45, 2.75) is 59.3 Å². The first kappa shape index (κ1) is 17.6. The van der Waals surface area contributed by atoms with Crippen molar-refractivity contribution in [2.75, 3.05) is 7.11 Å². The highest BCUT2D eigenvalue weighted by molar-refractivity contribution is 5.78. The third-order valence-corrected chi connectivity index (χ3v) is 4.28. The van der Waals surface area contributed by atoms with Gasteiger partial charge in [-0.1, -0.05) is 77.4 Å². The van der Waals surface area contributed by atoms with Gasteiger partial charge in [0.1, 0.15) is 5.75 Å². The molecule has 23 heavy (non-hydrogen) atoms. The zero-order chi connectivity index (χ0) is 17.4. The zero-order valence-electron chi connectivity index (χ0n) is 15.9. The van der Waals surface area contributed by atoms with E-state index in [1.807, 2.05) is 12.1 Å². The van der Waals surface area contributed by atoms with Gasteiger partial charge >= 0.3 is 0 Å². The smallest absolute Gasteiger partial charge is 0.126 e. The second-order valence-corrected chi connectivity index (χ2v) is 8.44. The van der Waals surface area contributed by atoms with Gasteiger partial charge in [-0.05, 0) is 40.5 Å². The summed E-state index contributed by atoms with van der Waals surface area (Å²) in [7, 11) is 1.75. The number of aryl methyl sites for hydroxylation is 1. The first-order chi connectivity index (χ1) is 10.6. The van der Waals surface area contributed by atoms with Crippen molar-refractivity contribution in [3.63, 3.8) is 0 Å². The van der Waals surface area contributed by atoms with Gasteiger partial charge < -0.3 is 4.74 Å². The largest absolute Gasteiger partial charge is 0.496 e. The number of methoxy groups -OCH3 is 1. The van der Waals surface area contributed by atoms with Gasteiger partial charge in [-0.3, -0.25) is 0 Å². The van der Waals surface area contributed by atoms with Gasteiger partial charge in [0.15, 0.2) is 0 Å². The van der Waals surface area contributed by atoms with Gasteiger partial charge in [-0.15, -0.1) is 0 Å². The van der Waals surface area contributed by atoms with Crippen LogP contribution >= 0.6 is 0 Å². The molecule has 0 N–H and O–H groups in total. The maximum Gasteiger partial charge on any atom is 0.126 e. The standard InChI is InChI=1S/C22H30O/c1-15-13-17(21(2,3)4)20(18(14-15)22(5,6)7)16-11-9-10-12-19(16)23-8/h9-14H,1-8H3. The second-order valence-electron chi connectivity index (χ2n) is 8.44. The van der Waals surface area contributed by atoms with Crippen molar-refractivity contribution in [3.8, 4) is 16.9 Å². The Balaban J connectivity index is 2.94. The third kappa shape index (κ3) is 3.60. The quantitative estimate of drug-likeness (QED) is 0.635. The lowest BCUT2D eigenvalue weighted by Gasteiger charge is -2.31. The first-order valence-electron chi connectivity index (χ1n) is 8.34. The Morgan fingerprint density at radius 1 is 0.783 bits per heavy atom. The molecule has 0 aliphatic carbocycles. The summed E-state index contributed by atoms with van der Waals surface area (Å²) >= 11 is 0. The molecule has 2 aromatic rings. The van der Waals surface area contributed by atoms with E-state index in [-0.39, 0.29) is 10.8 Å². The molecule has 124 valence electrons. The van der Waals surface area contributed by atoms with E-state index >= 15 is 0 Å². The molecule has 0 saturated carbocycles. The topological polar surface area (TPSA) is 9.23 Å². The highest BCUT2D eigenvalue weighted by atomic mass is 16.5.